The van der Waals surface area contributed by atoms with Crippen LogP contribution in [-0.4, -0.2) is 11.7 Å². The van der Waals surface area contributed by atoms with Gasteiger partial charge in [0.05, 0.1) is 0 Å². The van der Waals surface area contributed by atoms with Gasteiger partial charge in [-0.05, 0) is 24.1 Å². The molecule has 2 atom stereocenters. The minimum absolute atomic E-state index is 0.103. The normalized spacial score (nSPS) is 33.2. The number of hydrogen-bond acceptors (Lipinski definition) is 2. The standard InChI is InChI=1S/C8H11OS/c9-5-7-3-1-2-4-8(7)6-10/h6-8H,1-4H2. The lowest BCUT2D eigenvalue weighted by Gasteiger charge is -2.22. The zero-order chi connectivity index (χ0) is 7.40. The van der Waals surface area contributed by atoms with E-state index < -0.39 is 0 Å². The summed E-state index contributed by atoms with van der Waals surface area (Å²) in [6.45, 7) is 0. The molecule has 0 saturated heterocycles. The first kappa shape index (κ1) is 7.86. The predicted octanol–water partition coefficient (Wildman–Crippen LogP) is 1.90. The molecule has 0 aromatic rings. The van der Waals surface area contributed by atoms with E-state index in [4.69, 9.17) is 12.2 Å². The first-order valence-electron chi connectivity index (χ1n) is 3.71. The molecule has 10 heavy (non-hydrogen) atoms. The van der Waals surface area contributed by atoms with Gasteiger partial charge in [0.1, 0.15) is 0 Å². The summed E-state index contributed by atoms with van der Waals surface area (Å²) in [4.78, 5) is 10.3. The zero-order valence-electron chi connectivity index (χ0n) is 5.88. The third-order valence-electron chi connectivity index (χ3n) is 2.15. The fourth-order valence-electron chi connectivity index (χ4n) is 1.47. The number of rotatable bonds is 2. The highest BCUT2D eigenvalue weighted by Gasteiger charge is 2.22. The van der Waals surface area contributed by atoms with Crippen molar-refractivity contribution in [1.29, 1.82) is 0 Å². The van der Waals surface area contributed by atoms with E-state index >= 15 is 0 Å². The molecule has 1 aliphatic carbocycles. The van der Waals surface area contributed by atoms with E-state index in [1.807, 2.05) is 0 Å². The van der Waals surface area contributed by atoms with Gasteiger partial charge >= 0.3 is 0 Å². The average Bonchev–Trinajstić information content (AvgIpc) is 2.04. The quantitative estimate of drug-likeness (QED) is 0.566. The lowest BCUT2D eigenvalue weighted by molar-refractivity contribution is 0.367. The smallest absolute Gasteiger partial charge is 0.202 e. The van der Waals surface area contributed by atoms with Crippen LogP contribution in [0.1, 0.15) is 25.7 Å². The van der Waals surface area contributed by atoms with Crippen LogP contribution in [0.15, 0.2) is 0 Å². The minimum atomic E-state index is 0.103. The Morgan fingerprint density at radius 3 is 2.60 bits per heavy atom. The van der Waals surface area contributed by atoms with Crippen molar-refractivity contribution in [2.45, 2.75) is 25.7 Å². The number of thiocarbonyl (C=S) groups is 1. The molecule has 0 spiro atoms. The highest BCUT2D eigenvalue weighted by Crippen LogP contribution is 2.26. The van der Waals surface area contributed by atoms with E-state index in [1.54, 1.807) is 5.37 Å². The zero-order valence-corrected chi connectivity index (χ0v) is 6.69. The van der Waals surface area contributed by atoms with E-state index in [0.717, 1.165) is 12.8 Å². The molecule has 0 N–H and O–H groups in total. The molecule has 1 nitrogen and oxygen atoms in total. The topological polar surface area (TPSA) is 17.1 Å². The Labute approximate surface area is 66.8 Å². The fourth-order valence-corrected chi connectivity index (χ4v) is 1.79. The van der Waals surface area contributed by atoms with Crippen molar-refractivity contribution < 1.29 is 4.79 Å². The van der Waals surface area contributed by atoms with Gasteiger partial charge in [0.25, 0.3) is 0 Å². The van der Waals surface area contributed by atoms with Crippen LogP contribution in [0.5, 0.6) is 0 Å². The van der Waals surface area contributed by atoms with E-state index in [0.29, 0.717) is 5.92 Å². The number of carbonyl (C=O) groups excluding carboxylic acids is 1. The van der Waals surface area contributed by atoms with Crippen LogP contribution < -0.4 is 0 Å². The Morgan fingerprint density at radius 1 is 1.40 bits per heavy atom. The monoisotopic (exact) mass is 155 g/mol. The molecule has 0 aromatic carbocycles. The predicted molar refractivity (Wildman–Crippen MR) is 44.8 cm³/mol. The molecular weight excluding hydrogens is 144 g/mol. The molecule has 1 rings (SSSR count). The fraction of sp³-hybridized carbons (Fsp3) is 0.750. The summed E-state index contributed by atoms with van der Waals surface area (Å²) in [5, 5.41) is 1.73. The Bertz CT molecular complexity index is 117. The van der Waals surface area contributed by atoms with Gasteiger partial charge in [0.15, 0.2) is 0 Å². The number of hydrogen-bond donors (Lipinski definition) is 0. The second-order valence-corrected chi connectivity index (χ2v) is 3.08. The van der Waals surface area contributed by atoms with Crippen LogP contribution in [0.2, 0.25) is 0 Å². The van der Waals surface area contributed by atoms with Crippen molar-refractivity contribution in [3.8, 4) is 0 Å². The first-order chi connectivity index (χ1) is 4.88. The summed E-state index contributed by atoms with van der Waals surface area (Å²) in [5.74, 6) is 0.437. The van der Waals surface area contributed by atoms with Crippen molar-refractivity contribution in [2.24, 2.45) is 11.8 Å². The summed E-state index contributed by atoms with van der Waals surface area (Å²) in [5.41, 5.74) is 0. The SMILES string of the molecule is O=[C]C1CCCCC1C=S. The molecule has 0 aromatic heterocycles. The van der Waals surface area contributed by atoms with Crippen molar-refractivity contribution in [1.82, 2.24) is 0 Å². The van der Waals surface area contributed by atoms with Gasteiger partial charge in [-0.25, -0.2) is 0 Å². The van der Waals surface area contributed by atoms with Gasteiger partial charge in [-0.2, -0.15) is 0 Å². The van der Waals surface area contributed by atoms with Gasteiger partial charge in [0.2, 0.25) is 6.29 Å². The second kappa shape index (κ2) is 3.81. The molecule has 55 valence electrons. The van der Waals surface area contributed by atoms with E-state index in [2.05, 4.69) is 6.29 Å². The van der Waals surface area contributed by atoms with Gasteiger partial charge < -0.3 is 0 Å². The third kappa shape index (κ3) is 1.63. The molecular formula is C8H11OS. The second-order valence-electron chi connectivity index (χ2n) is 2.81. The molecule has 0 bridgehead atoms. The lowest BCUT2D eigenvalue weighted by atomic mass is 9.81. The summed E-state index contributed by atoms with van der Waals surface area (Å²) in [6.07, 6.45) is 6.52. The van der Waals surface area contributed by atoms with Crippen molar-refractivity contribution in [3.05, 3.63) is 0 Å². The average molecular weight is 155 g/mol. The van der Waals surface area contributed by atoms with Crippen LogP contribution in [0, 0.1) is 11.8 Å². The van der Waals surface area contributed by atoms with Crippen LogP contribution in [0.4, 0.5) is 0 Å². The highest BCUT2D eigenvalue weighted by atomic mass is 32.1. The largest absolute Gasteiger partial charge is 0.291 e. The van der Waals surface area contributed by atoms with Crippen LogP contribution >= 0.6 is 12.2 Å². The van der Waals surface area contributed by atoms with E-state index in [9.17, 15) is 4.79 Å². The molecule has 1 fully saturated rings. The maximum absolute atomic E-state index is 10.3. The van der Waals surface area contributed by atoms with Crippen LogP contribution in [0.3, 0.4) is 0 Å². The Morgan fingerprint density at radius 2 is 2.10 bits per heavy atom. The molecule has 2 unspecified atom stereocenters. The summed E-state index contributed by atoms with van der Waals surface area (Å²) in [7, 11) is 0. The van der Waals surface area contributed by atoms with Gasteiger partial charge in [-0.1, -0.05) is 25.1 Å². The van der Waals surface area contributed by atoms with E-state index in [-0.39, 0.29) is 5.92 Å². The Hall–Kier alpha value is -0.240. The van der Waals surface area contributed by atoms with Crippen molar-refractivity contribution >= 4 is 23.9 Å². The molecule has 0 aliphatic heterocycles. The van der Waals surface area contributed by atoms with Crippen molar-refractivity contribution in [2.75, 3.05) is 0 Å². The third-order valence-corrected chi connectivity index (χ3v) is 2.50. The van der Waals surface area contributed by atoms with Crippen LogP contribution in [0.25, 0.3) is 0 Å². The summed E-state index contributed by atoms with van der Waals surface area (Å²) in [6, 6.07) is 0. The summed E-state index contributed by atoms with van der Waals surface area (Å²) >= 11 is 4.81. The molecule has 1 aliphatic rings. The lowest BCUT2D eigenvalue weighted by Crippen LogP contribution is -2.20. The van der Waals surface area contributed by atoms with Gasteiger partial charge in [0, 0.05) is 5.92 Å². The van der Waals surface area contributed by atoms with Gasteiger partial charge in [-0.15, -0.1) is 0 Å². The van der Waals surface area contributed by atoms with E-state index in [1.165, 1.54) is 12.8 Å². The van der Waals surface area contributed by atoms with Gasteiger partial charge in [-0.3, -0.25) is 4.79 Å². The van der Waals surface area contributed by atoms with Crippen molar-refractivity contribution in [3.63, 3.8) is 0 Å². The first-order valence-corrected chi connectivity index (χ1v) is 4.18. The summed E-state index contributed by atoms with van der Waals surface area (Å²) < 4.78 is 0. The Balaban J connectivity index is 2.49. The molecule has 1 radical (unpaired) electrons. The molecule has 0 amide bonds. The van der Waals surface area contributed by atoms with Crippen LogP contribution in [-0.2, 0) is 4.79 Å². The molecule has 2 heteroatoms. The maximum atomic E-state index is 10.3. The molecule has 1 saturated carbocycles. The minimum Gasteiger partial charge on any atom is -0.291 e. The molecule has 0 heterocycles. The Kier molecular flexibility index (Phi) is 3.00. The maximum Gasteiger partial charge on any atom is 0.202 e. The highest BCUT2D eigenvalue weighted by molar-refractivity contribution is 7.79.